The lowest BCUT2D eigenvalue weighted by Gasteiger charge is -2.10. The number of halogens is 2. The molecule has 0 heterocycles. The van der Waals surface area contributed by atoms with Crippen molar-refractivity contribution in [1.82, 2.24) is 0 Å². The van der Waals surface area contributed by atoms with Gasteiger partial charge in [-0.2, -0.15) is 0 Å². The van der Waals surface area contributed by atoms with E-state index in [1.54, 1.807) is 36.4 Å². The average molecular weight is 297 g/mol. The molecule has 0 saturated heterocycles. The van der Waals surface area contributed by atoms with Crippen molar-refractivity contribution < 1.29 is 14.6 Å². The van der Waals surface area contributed by atoms with Crippen LogP contribution in [-0.4, -0.2) is 11.1 Å². The van der Waals surface area contributed by atoms with Crippen molar-refractivity contribution >= 4 is 29.2 Å². The first kappa shape index (κ1) is 13.7. The summed E-state index contributed by atoms with van der Waals surface area (Å²) >= 11 is 11.8. The number of hydrogen-bond donors (Lipinski definition) is 1. The molecular formula is C14H10Cl2O3. The molecule has 2 rings (SSSR count). The molecule has 98 valence electrons. The average Bonchev–Trinajstić information content (AvgIpc) is 2.40. The highest BCUT2D eigenvalue weighted by atomic mass is 35.5. The monoisotopic (exact) mass is 296 g/mol. The first-order chi connectivity index (χ1) is 9.08. The fraction of sp³-hybridized carbons (Fsp3) is 0.0714. The molecule has 0 aliphatic rings. The van der Waals surface area contributed by atoms with E-state index in [4.69, 9.17) is 33.0 Å². The van der Waals surface area contributed by atoms with Gasteiger partial charge in [0.25, 0.3) is 0 Å². The van der Waals surface area contributed by atoms with Crippen LogP contribution in [0.1, 0.15) is 15.9 Å². The van der Waals surface area contributed by atoms with Crippen LogP contribution in [0, 0.1) is 0 Å². The maximum atomic E-state index is 11.1. The minimum atomic E-state index is -0.989. The molecule has 0 amide bonds. The molecule has 0 aliphatic carbocycles. The summed E-state index contributed by atoms with van der Waals surface area (Å²) in [5, 5.41) is 9.99. The maximum absolute atomic E-state index is 11.1. The summed E-state index contributed by atoms with van der Waals surface area (Å²) in [5.74, 6) is -0.564. The lowest BCUT2D eigenvalue weighted by atomic mass is 10.1. The van der Waals surface area contributed by atoms with Crippen LogP contribution in [0.25, 0.3) is 0 Å². The van der Waals surface area contributed by atoms with Gasteiger partial charge in [-0.05, 0) is 18.2 Å². The van der Waals surface area contributed by atoms with Gasteiger partial charge in [-0.3, -0.25) is 0 Å². The Kier molecular flexibility index (Phi) is 4.30. The van der Waals surface area contributed by atoms with Gasteiger partial charge in [0.15, 0.2) is 0 Å². The Bertz CT molecular complexity index is 611. The van der Waals surface area contributed by atoms with E-state index in [2.05, 4.69) is 0 Å². The van der Waals surface area contributed by atoms with Gasteiger partial charge in [-0.15, -0.1) is 0 Å². The van der Waals surface area contributed by atoms with E-state index in [9.17, 15) is 4.79 Å². The molecule has 2 aromatic carbocycles. The van der Waals surface area contributed by atoms with Crippen molar-refractivity contribution in [3.63, 3.8) is 0 Å². The van der Waals surface area contributed by atoms with E-state index in [1.165, 1.54) is 6.07 Å². The Morgan fingerprint density at radius 1 is 1.16 bits per heavy atom. The summed E-state index contributed by atoms with van der Waals surface area (Å²) in [6, 6.07) is 11.5. The zero-order valence-corrected chi connectivity index (χ0v) is 11.3. The van der Waals surface area contributed by atoms with Gasteiger partial charge < -0.3 is 9.84 Å². The number of carbonyl (C=O) groups is 1. The number of hydrogen-bond acceptors (Lipinski definition) is 2. The Balaban J connectivity index is 2.19. The van der Waals surface area contributed by atoms with E-state index >= 15 is 0 Å². The van der Waals surface area contributed by atoms with Crippen molar-refractivity contribution in [3.8, 4) is 5.75 Å². The van der Waals surface area contributed by atoms with Crippen LogP contribution >= 0.6 is 23.2 Å². The first-order valence-electron chi connectivity index (χ1n) is 5.47. The normalized spacial score (nSPS) is 10.2. The van der Waals surface area contributed by atoms with E-state index in [-0.39, 0.29) is 12.2 Å². The second-order valence-electron chi connectivity index (χ2n) is 3.83. The molecule has 0 unspecified atom stereocenters. The summed E-state index contributed by atoms with van der Waals surface area (Å²) < 4.78 is 5.51. The number of ether oxygens (including phenoxy) is 1. The molecular weight excluding hydrogens is 287 g/mol. The standard InChI is InChI=1S/C14H10Cl2O3/c15-10-5-6-12(16)13(7-10)19-8-9-3-1-2-4-11(9)14(17)18/h1-7H,8H2,(H,17,18). The van der Waals surface area contributed by atoms with Crippen molar-refractivity contribution in [1.29, 1.82) is 0 Å². The lowest BCUT2D eigenvalue weighted by Crippen LogP contribution is -2.05. The van der Waals surface area contributed by atoms with Gasteiger partial charge in [-0.25, -0.2) is 4.79 Å². The summed E-state index contributed by atoms with van der Waals surface area (Å²) in [5.41, 5.74) is 0.784. The number of aromatic carboxylic acids is 1. The van der Waals surface area contributed by atoms with E-state index in [1.807, 2.05) is 0 Å². The fourth-order valence-electron chi connectivity index (χ4n) is 1.60. The van der Waals surface area contributed by atoms with Crippen molar-refractivity contribution in [2.45, 2.75) is 6.61 Å². The highest BCUT2D eigenvalue weighted by Crippen LogP contribution is 2.28. The molecule has 0 aromatic heterocycles. The molecule has 0 aliphatic heterocycles. The highest BCUT2D eigenvalue weighted by molar-refractivity contribution is 6.34. The summed E-state index contributed by atoms with van der Waals surface area (Å²) in [6.45, 7) is 0.114. The van der Waals surface area contributed by atoms with Gasteiger partial charge >= 0.3 is 5.97 Å². The van der Waals surface area contributed by atoms with Gasteiger partial charge in [-0.1, -0.05) is 41.4 Å². The van der Waals surface area contributed by atoms with Crippen molar-refractivity contribution in [2.75, 3.05) is 0 Å². The molecule has 0 atom stereocenters. The molecule has 2 aromatic rings. The predicted molar refractivity (Wildman–Crippen MR) is 74.2 cm³/mol. The molecule has 0 bridgehead atoms. The second kappa shape index (κ2) is 5.95. The van der Waals surface area contributed by atoms with Crippen LogP contribution in [0.3, 0.4) is 0 Å². The molecule has 0 radical (unpaired) electrons. The zero-order valence-electron chi connectivity index (χ0n) is 9.77. The minimum absolute atomic E-state index is 0.114. The topological polar surface area (TPSA) is 46.5 Å². The SMILES string of the molecule is O=C(O)c1ccccc1COc1cc(Cl)ccc1Cl. The Morgan fingerprint density at radius 3 is 2.63 bits per heavy atom. The highest BCUT2D eigenvalue weighted by Gasteiger charge is 2.10. The number of benzene rings is 2. The molecule has 0 spiro atoms. The number of carboxylic acid groups (broad SMARTS) is 1. The van der Waals surface area contributed by atoms with Gasteiger partial charge in [0, 0.05) is 16.7 Å². The van der Waals surface area contributed by atoms with E-state index in [0.717, 1.165) is 0 Å². The van der Waals surface area contributed by atoms with E-state index < -0.39 is 5.97 Å². The van der Waals surface area contributed by atoms with Crippen molar-refractivity contribution in [3.05, 3.63) is 63.6 Å². The number of rotatable bonds is 4. The van der Waals surface area contributed by atoms with E-state index in [0.29, 0.717) is 21.4 Å². The smallest absolute Gasteiger partial charge is 0.336 e. The van der Waals surface area contributed by atoms with Crippen molar-refractivity contribution in [2.24, 2.45) is 0 Å². The van der Waals surface area contributed by atoms with Crippen LogP contribution in [0.2, 0.25) is 10.0 Å². The summed E-state index contributed by atoms with van der Waals surface area (Å²) in [6.07, 6.45) is 0. The molecule has 19 heavy (non-hydrogen) atoms. The third-order valence-electron chi connectivity index (χ3n) is 2.52. The summed E-state index contributed by atoms with van der Waals surface area (Å²) in [4.78, 5) is 11.1. The number of carboxylic acids is 1. The molecule has 1 N–H and O–H groups in total. The third kappa shape index (κ3) is 3.40. The molecule has 5 heteroatoms. The molecule has 0 fully saturated rings. The Labute approximate surface area is 120 Å². The fourth-order valence-corrected chi connectivity index (χ4v) is 1.93. The second-order valence-corrected chi connectivity index (χ2v) is 4.67. The minimum Gasteiger partial charge on any atom is -0.487 e. The quantitative estimate of drug-likeness (QED) is 0.916. The van der Waals surface area contributed by atoms with Gasteiger partial charge in [0.1, 0.15) is 12.4 Å². The maximum Gasteiger partial charge on any atom is 0.336 e. The first-order valence-corrected chi connectivity index (χ1v) is 6.22. The predicted octanol–water partition coefficient (Wildman–Crippen LogP) is 4.27. The van der Waals surface area contributed by atoms with Crippen LogP contribution in [0.5, 0.6) is 5.75 Å². The zero-order chi connectivity index (χ0) is 13.8. The van der Waals surface area contributed by atoms with Crippen LogP contribution < -0.4 is 4.74 Å². The summed E-state index contributed by atoms with van der Waals surface area (Å²) in [7, 11) is 0. The van der Waals surface area contributed by atoms with Crippen LogP contribution in [0.15, 0.2) is 42.5 Å². The molecule has 0 saturated carbocycles. The van der Waals surface area contributed by atoms with Crippen LogP contribution in [0.4, 0.5) is 0 Å². The Morgan fingerprint density at radius 2 is 1.89 bits per heavy atom. The largest absolute Gasteiger partial charge is 0.487 e. The van der Waals surface area contributed by atoms with Crippen LogP contribution in [-0.2, 0) is 6.61 Å². The third-order valence-corrected chi connectivity index (χ3v) is 3.07. The molecule has 3 nitrogen and oxygen atoms in total. The Hall–Kier alpha value is -1.71. The van der Waals surface area contributed by atoms with Gasteiger partial charge in [0.05, 0.1) is 10.6 Å². The lowest BCUT2D eigenvalue weighted by molar-refractivity contribution is 0.0694. The van der Waals surface area contributed by atoms with Gasteiger partial charge in [0.2, 0.25) is 0 Å².